The number of piperidine rings is 1. The Labute approximate surface area is 97.6 Å². The molecule has 0 bridgehead atoms. The van der Waals surface area contributed by atoms with Gasteiger partial charge in [0.05, 0.1) is 18.6 Å². The average Bonchev–Trinajstić information content (AvgIpc) is 2.27. The molecule has 4 heteroatoms. The third-order valence-electron chi connectivity index (χ3n) is 2.99. The Kier molecular flexibility index (Phi) is 5.77. The Bertz CT molecular complexity index is 218. The Morgan fingerprint density at radius 1 is 1.62 bits per heavy atom. The second kappa shape index (κ2) is 6.86. The largest absolute Gasteiger partial charge is 0.466 e. The molecule has 94 valence electrons. The van der Waals surface area contributed by atoms with Gasteiger partial charge in [-0.3, -0.25) is 4.79 Å². The van der Waals surface area contributed by atoms with Gasteiger partial charge in [-0.15, -0.1) is 0 Å². The lowest BCUT2D eigenvalue weighted by Crippen LogP contribution is -2.40. The summed E-state index contributed by atoms with van der Waals surface area (Å²) in [6, 6.07) is 0. The van der Waals surface area contributed by atoms with E-state index in [0.29, 0.717) is 6.61 Å². The number of nitrogens with zero attached hydrogens (tertiary/aromatic N) is 1. The van der Waals surface area contributed by atoms with Gasteiger partial charge in [0.2, 0.25) is 0 Å². The zero-order chi connectivity index (χ0) is 12.0. The Morgan fingerprint density at radius 3 is 3.00 bits per heavy atom. The Hall–Kier alpha value is -0.610. The van der Waals surface area contributed by atoms with Crippen LogP contribution in [0.25, 0.3) is 0 Å². The molecule has 0 aromatic rings. The average molecular weight is 229 g/mol. The number of carbonyl (C=O) groups excluding carboxylic acids is 1. The molecule has 0 aliphatic carbocycles. The van der Waals surface area contributed by atoms with E-state index in [0.717, 1.165) is 38.9 Å². The molecule has 4 nitrogen and oxygen atoms in total. The first-order chi connectivity index (χ1) is 7.63. The molecule has 1 aliphatic heterocycles. The van der Waals surface area contributed by atoms with E-state index in [2.05, 4.69) is 4.90 Å². The molecule has 1 unspecified atom stereocenters. The summed E-state index contributed by atoms with van der Waals surface area (Å²) in [5.41, 5.74) is 0. The van der Waals surface area contributed by atoms with Crippen molar-refractivity contribution in [3.05, 3.63) is 0 Å². The molecule has 0 aromatic heterocycles. The van der Waals surface area contributed by atoms with E-state index in [1.54, 1.807) is 6.92 Å². The molecule has 1 saturated heterocycles. The molecule has 1 aliphatic rings. The lowest BCUT2D eigenvalue weighted by molar-refractivity contribution is -0.149. The first-order valence-electron chi connectivity index (χ1n) is 6.20. The molecule has 0 saturated carbocycles. The van der Waals surface area contributed by atoms with E-state index in [1.165, 1.54) is 0 Å². The topological polar surface area (TPSA) is 49.8 Å². The third kappa shape index (κ3) is 4.49. The van der Waals surface area contributed by atoms with Crippen molar-refractivity contribution < 1.29 is 14.6 Å². The number of hydrogen-bond donors (Lipinski definition) is 1. The summed E-state index contributed by atoms with van der Waals surface area (Å²) in [5.74, 6) is -0.0352. The number of aliphatic hydroxyl groups excluding tert-OH is 1. The summed E-state index contributed by atoms with van der Waals surface area (Å²) in [6.07, 6.45) is 2.49. The van der Waals surface area contributed by atoms with Crippen LogP contribution in [-0.2, 0) is 9.53 Å². The molecule has 16 heavy (non-hydrogen) atoms. The van der Waals surface area contributed by atoms with Crippen LogP contribution in [0.1, 0.15) is 33.1 Å². The summed E-state index contributed by atoms with van der Waals surface area (Å²) in [4.78, 5) is 13.8. The van der Waals surface area contributed by atoms with Gasteiger partial charge in [0.15, 0.2) is 0 Å². The van der Waals surface area contributed by atoms with Crippen LogP contribution in [0.2, 0.25) is 0 Å². The van der Waals surface area contributed by atoms with Crippen LogP contribution in [-0.4, -0.2) is 48.3 Å². The van der Waals surface area contributed by atoms with E-state index >= 15 is 0 Å². The van der Waals surface area contributed by atoms with Crippen molar-refractivity contribution in [1.82, 2.24) is 4.90 Å². The number of ether oxygens (including phenoxy) is 1. The molecule has 0 aromatic carbocycles. The summed E-state index contributed by atoms with van der Waals surface area (Å²) in [7, 11) is 0. The van der Waals surface area contributed by atoms with Gasteiger partial charge >= 0.3 is 5.97 Å². The van der Waals surface area contributed by atoms with E-state index in [-0.39, 0.29) is 18.0 Å². The maximum Gasteiger partial charge on any atom is 0.310 e. The fourth-order valence-electron chi connectivity index (χ4n) is 2.08. The molecule has 2 atom stereocenters. The number of rotatable bonds is 5. The first kappa shape index (κ1) is 13.5. The Morgan fingerprint density at radius 2 is 2.38 bits per heavy atom. The molecule has 1 fully saturated rings. The minimum Gasteiger partial charge on any atom is -0.466 e. The second-order valence-electron chi connectivity index (χ2n) is 4.53. The predicted octanol–water partition coefficient (Wildman–Crippen LogP) is 1.03. The van der Waals surface area contributed by atoms with Crippen molar-refractivity contribution in [1.29, 1.82) is 0 Å². The number of esters is 1. The molecule has 0 amide bonds. The van der Waals surface area contributed by atoms with E-state index in [1.807, 2.05) is 6.92 Å². The van der Waals surface area contributed by atoms with E-state index < -0.39 is 0 Å². The van der Waals surface area contributed by atoms with Crippen LogP contribution in [0.15, 0.2) is 0 Å². The van der Waals surface area contributed by atoms with E-state index in [9.17, 15) is 9.90 Å². The van der Waals surface area contributed by atoms with Crippen LogP contribution in [0.5, 0.6) is 0 Å². The van der Waals surface area contributed by atoms with Gasteiger partial charge in [0.1, 0.15) is 0 Å². The summed E-state index contributed by atoms with van der Waals surface area (Å²) < 4.78 is 5.04. The van der Waals surface area contributed by atoms with Crippen molar-refractivity contribution in [3.63, 3.8) is 0 Å². The zero-order valence-electron chi connectivity index (χ0n) is 10.3. The molecule has 1 rings (SSSR count). The van der Waals surface area contributed by atoms with Gasteiger partial charge in [-0.25, -0.2) is 0 Å². The smallest absolute Gasteiger partial charge is 0.310 e. The minimum atomic E-state index is -0.261. The van der Waals surface area contributed by atoms with Gasteiger partial charge in [-0.1, -0.05) is 0 Å². The molecule has 0 radical (unpaired) electrons. The fourth-order valence-corrected chi connectivity index (χ4v) is 2.08. The van der Waals surface area contributed by atoms with Crippen LogP contribution >= 0.6 is 0 Å². The van der Waals surface area contributed by atoms with Crippen molar-refractivity contribution in [2.75, 3.05) is 26.2 Å². The number of carbonyl (C=O) groups is 1. The van der Waals surface area contributed by atoms with Gasteiger partial charge in [-0.05, 0) is 39.7 Å². The third-order valence-corrected chi connectivity index (χ3v) is 2.99. The second-order valence-corrected chi connectivity index (χ2v) is 4.53. The predicted molar refractivity (Wildman–Crippen MR) is 62.1 cm³/mol. The first-order valence-corrected chi connectivity index (χ1v) is 6.20. The van der Waals surface area contributed by atoms with Crippen molar-refractivity contribution >= 4 is 5.97 Å². The van der Waals surface area contributed by atoms with Crippen molar-refractivity contribution in [3.8, 4) is 0 Å². The molecular formula is C12H23NO3. The Balaban J connectivity index is 2.32. The molecule has 1 heterocycles. The minimum absolute atomic E-state index is 0.0303. The summed E-state index contributed by atoms with van der Waals surface area (Å²) in [5, 5.41) is 9.22. The fraction of sp³-hybridized carbons (Fsp3) is 0.917. The lowest BCUT2D eigenvalue weighted by atomic mass is 9.98. The standard InChI is InChI=1S/C12H23NO3/c1-3-16-12(15)11-5-4-7-13(9-11)8-6-10(2)14/h10-11,14H,3-9H2,1-2H3/t10?,11-/m1/s1. The lowest BCUT2D eigenvalue weighted by Gasteiger charge is -2.31. The number of hydrogen-bond acceptors (Lipinski definition) is 4. The van der Waals surface area contributed by atoms with Crippen molar-refractivity contribution in [2.45, 2.75) is 39.2 Å². The monoisotopic (exact) mass is 229 g/mol. The van der Waals surface area contributed by atoms with Gasteiger partial charge < -0.3 is 14.7 Å². The summed E-state index contributed by atoms with van der Waals surface area (Å²) >= 11 is 0. The maximum absolute atomic E-state index is 11.6. The molecule has 1 N–H and O–H groups in total. The highest BCUT2D eigenvalue weighted by molar-refractivity contribution is 5.72. The van der Waals surface area contributed by atoms with Gasteiger partial charge in [0.25, 0.3) is 0 Å². The number of aliphatic hydroxyl groups is 1. The van der Waals surface area contributed by atoms with Crippen LogP contribution in [0.3, 0.4) is 0 Å². The van der Waals surface area contributed by atoms with E-state index in [4.69, 9.17) is 4.74 Å². The van der Waals surface area contributed by atoms with Crippen LogP contribution < -0.4 is 0 Å². The van der Waals surface area contributed by atoms with Gasteiger partial charge in [0, 0.05) is 13.1 Å². The quantitative estimate of drug-likeness (QED) is 0.715. The summed E-state index contributed by atoms with van der Waals surface area (Å²) in [6.45, 7) is 6.78. The highest BCUT2D eigenvalue weighted by Crippen LogP contribution is 2.18. The normalized spacial score (nSPS) is 24.1. The molecular weight excluding hydrogens is 206 g/mol. The van der Waals surface area contributed by atoms with Crippen LogP contribution in [0.4, 0.5) is 0 Å². The van der Waals surface area contributed by atoms with Gasteiger partial charge in [-0.2, -0.15) is 0 Å². The maximum atomic E-state index is 11.6. The number of likely N-dealkylation sites (tertiary alicyclic amines) is 1. The highest BCUT2D eigenvalue weighted by atomic mass is 16.5. The highest BCUT2D eigenvalue weighted by Gasteiger charge is 2.26. The molecule has 0 spiro atoms. The van der Waals surface area contributed by atoms with Crippen molar-refractivity contribution in [2.24, 2.45) is 5.92 Å². The zero-order valence-corrected chi connectivity index (χ0v) is 10.3. The van der Waals surface area contributed by atoms with Crippen LogP contribution in [0, 0.1) is 5.92 Å². The SMILES string of the molecule is CCOC(=O)[C@@H]1CCCN(CCC(C)O)C1.